The molecule has 4 nitrogen and oxygen atoms in total. The van der Waals surface area contributed by atoms with Gasteiger partial charge in [-0.15, -0.1) is 12.4 Å². The predicted octanol–water partition coefficient (Wildman–Crippen LogP) is 4.92. The van der Waals surface area contributed by atoms with Gasteiger partial charge in [0.05, 0.1) is 5.56 Å². The van der Waals surface area contributed by atoms with Crippen molar-refractivity contribution < 1.29 is 4.79 Å². The van der Waals surface area contributed by atoms with Crippen LogP contribution in [-0.2, 0) is 0 Å². The highest BCUT2D eigenvalue weighted by molar-refractivity contribution is 6.30. The number of hydrogen-bond acceptors (Lipinski definition) is 3. The van der Waals surface area contributed by atoms with E-state index in [1.165, 1.54) is 6.42 Å². The lowest BCUT2D eigenvalue weighted by Gasteiger charge is -2.33. The summed E-state index contributed by atoms with van der Waals surface area (Å²) < 4.78 is 0. The van der Waals surface area contributed by atoms with Crippen molar-refractivity contribution in [2.75, 3.05) is 11.9 Å². The van der Waals surface area contributed by atoms with Gasteiger partial charge in [-0.3, -0.25) is 4.79 Å². The third-order valence-corrected chi connectivity index (χ3v) is 4.44. The molecule has 1 unspecified atom stereocenters. The van der Waals surface area contributed by atoms with Gasteiger partial charge < -0.3 is 10.2 Å². The second-order valence-electron chi connectivity index (χ2n) is 5.91. The summed E-state index contributed by atoms with van der Waals surface area (Å²) in [4.78, 5) is 18.9. The van der Waals surface area contributed by atoms with Crippen LogP contribution in [0.1, 0.15) is 36.5 Å². The smallest absolute Gasteiger partial charge is 0.255 e. The van der Waals surface area contributed by atoms with Gasteiger partial charge in [0.2, 0.25) is 0 Å². The van der Waals surface area contributed by atoms with Crippen LogP contribution in [0.5, 0.6) is 0 Å². The molecule has 1 fully saturated rings. The van der Waals surface area contributed by atoms with Gasteiger partial charge in [-0.1, -0.05) is 11.6 Å². The van der Waals surface area contributed by atoms with E-state index >= 15 is 0 Å². The fraction of sp³-hybridized carbons (Fsp3) is 0.333. The van der Waals surface area contributed by atoms with E-state index in [0.29, 0.717) is 22.4 Å². The van der Waals surface area contributed by atoms with Crippen LogP contribution in [0.2, 0.25) is 5.02 Å². The van der Waals surface area contributed by atoms with Crippen LogP contribution in [0.15, 0.2) is 42.6 Å². The molecule has 6 heteroatoms. The van der Waals surface area contributed by atoms with Crippen LogP contribution in [-0.4, -0.2) is 28.4 Å². The average molecular weight is 366 g/mol. The zero-order valence-electron chi connectivity index (χ0n) is 13.5. The Labute approximate surface area is 153 Å². The largest absolute Gasteiger partial charge is 0.340 e. The van der Waals surface area contributed by atoms with Gasteiger partial charge in [-0.05, 0) is 62.6 Å². The lowest BCUT2D eigenvalue weighted by atomic mass is 10.0. The highest BCUT2D eigenvalue weighted by atomic mass is 35.5. The summed E-state index contributed by atoms with van der Waals surface area (Å²) in [5, 5.41) is 3.89. The Morgan fingerprint density at radius 1 is 1.21 bits per heavy atom. The highest BCUT2D eigenvalue weighted by Gasteiger charge is 2.24. The minimum atomic E-state index is 0. The molecule has 2 heterocycles. The Morgan fingerprint density at radius 3 is 2.58 bits per heavy atom. The van der Waals surface area contributed by atoms with Gasteiger partial charge in [-0.2, -0.15) is 0 Å². The monoisotopic (exact) mass is 365 g/mol. The first kappa shape index (κ1) is 18.6. The van der Waals surface area contributed by atoms with Crippen molar-refractivity contribution in [2.45, 2.75) is 32.2 Å². The summed E-state index contributed by atoms with van der Waals surface area (Å²) in [5.41, 5.74) is 1.55. The number of aromatic nitrogens is 1. The Balaban J connectivity index is 0.00000208. The van der Waals surface area contributed by atoms with Gasteiger partial charge in [0, 0.05) is 29.5 Å². The van der Waals surface area contributed by atoms with Crippen molar-refractivity contribution in [3.05, 3.63) is 53.2 Å². The number of hydrogen-bond donors (Lipinski definition) is 1. The minimum Gasteiger partial charge on any atom is -0.340 e. The Morgan fingerprint density at radius 2 is 1.96 bits per heavy atom. The molecule has 1 N–H and O–H groups in total. The number of nitrogens with zero attached hydrogens (tertiary/aromatic N) is 2. The van der Waals surface area contributed by atoms with Gasteiger partial charge in [0.1, 0.15) is 5.82 Å². The number of amides is 1. The minimum absolute atomic E-state index is 0. The third-order valence-electron chi connectivity index (χ3n) is 4.19. The molecule has 3 rings (SSSR count). The predicted molar refractivity (Wildman–Crippen MR) is 101 cm³/mol. The van der Waals surface area contributed by atoms with Crippen molar-refractivity contribution >= 4 is 41.4 Å². The van der Waals surface area contributed by atoms with Crippen LogP contribution in [0.4, 0.5) is 11.5 Å². The molecular formula is C18H21Cl2N3O. The number of nitrogens with one attached hydrogen (secondary N) is 1. The molecule has 1 amide bonds. The Kier molecular flexibility index (Phi) is 6.46. The van der Waals surface area contributed by atoms with Crippen molar-refractivity contribution in [2.24, 2.45) is 0 Å². The molecule has 1 aliphatic rings. The Hall–Kier alpha value is -1.78. The lowest BCUT2D eigenvalue weighted by Crippen LogP contribution is -2.42. The molecule has 0 aliphatic carbocycles. The van der Waals surface area contributed by atoms with Crippen LogP contribution in [0.3, 0.4) is 0 Å². The van der Waals surface area contributed by atoms with Gasteiger partial charge in [-0.25, -0.2) is 4.98 Å². The Bertz CT molecular complexity index is 674. The number of piperidine rings is 1. The number of benzene rings is 1. The van der Waals surface area contributed by atoms with E-state index < -0.39 is 0 Å². The molecule has 2 aromatic rings. The summed E-state index contributed by atoms with van der Waals surface area (Å²) in [6, 6.07) is 11.4. The number of halogens is 2. The third kappa shape index (κ3) is 4.40. The number of likely N-dealkylation sites (tertiary alicyclic amines) is 1. The first-order valence-electron chi connectivity index (χ1n) is 7.93. The molecule has 0 saturated carbocycles. The molecule has 1 aromatic heterocycles. The number of anilines is 2. The van der Waals surface area contributed by atoms with Crippen molar-refractivity contribution in [3.63, 3.8) is 0 Å². The van der Waals surface area contributed by atoms with Crippen molar-refractivity contribution in [1.29, 1.82) is 0 Å². The average Bonchev–Trinajstić information content (AvgIpc) is 2.57. The van der Waals surface area contributed by atoms with E-state index in [9.17, 15) is 4.79 Å². The maximum absolute atomic E-state index is 12.6. The van der Waals surface area contributed by atoms with E-state index in [-0.39, 0.29) is 18.3 Å². The molecule has 128 valence electrons. The summed E-state index contributed by atoms with van der Waals surface area (Å²) in [7, 11) is 0. The van der Waals surface area contributed by atoms with Crippen LogP contribution in [0.25, 0.3) is 0 Å². The molecule has 1 saturated heterocycles. The summed E-state index contributed by atoms with van der Waals surface area (Å²) in [6.45, 7) is 2.95. The van der Waals surface area contributed by atoms with Gasteiger partial charge in [0.15, 0.2) is 0 Å². The number of pyridine rings is 1. The second kappa shape index (κ2) is 8.36. The topological polar surface area (TPSA) is 45.2 Å². The number of rotatable bonds is 3. The molecule has 1 aliphatic heterocycles. The fourth-order valence-corrected chi connectivity index (χ4v) is 2.97. The molecule has 1 aromatic carbocycles. The number of carbonyl (C=O) groups is 1. The molecule has 1 atom stereocenters. The maximum atomic E-state index is 12.6. The molecule has 24 heavy (non-hydrogen) atoms. The normalized spacial score (nSPS) is 17.1. The van der Waals surface area contributed by atoms with E-state index in [1.807, 2.05) is 41.3 Å². The number of carbonyl (C=O) groups excluding carboxylic acids is 1. The van der Waals surface area contributed by atoms with Gasteiger partial charge >= 0.3 is 0 Å². The van der Waals surface area contributed by atoms with Gasteiger partial charge in [0.25, 0.3) is 5.91 Å². The van der Waals surface area contributed by atoms with Crippen LogP contribution in [0, 0.1) is 0 Å². The van der Waals surface area contributed by atoms with E-state index in [2.05, 4.69) is 17.2 Å². The zero-order chi connectivity index (χ0) is 16.2. The maximum Gasteiger partial charge on any atom is 0.255 e. The van der Waals surface area contributed by atoms with Crippen molar-refractivity contribution in [1.82, 2.24) is 9.88 Å². The summed E-state index contributed by atoms with van der Waals surface area (Å²) in [5.74, 6) is 0.776. The molecular weight excluding hydrogens is 345 g/mol. The van der Waals surface area contributed by atoms with E-state index in [1.54, 1.807) is 6.20 Å². The first-order valence-corrected chi connectivity index (χ1v) is 8.31. The van der Waals surface area contributed by atoms with E-state index in [0.717, 1.165) is 25.1 Å². The molecule has 0 spiro atoms. The standard InChI is InChI=1S/C18H20ClN3O.ClH/c1-13-4-2-3-11-22(13)18(23)14-5-10-17(20-12-14)21-16-8-6-15(19)7-9-16;/h5-10,12-13H,2-4,11H2,1H3,(H,20,21);1H. The second-order valence-corrected chi connectivity index (χ2v) is 6.34. The summed E-state index contributed by atoms with van der Waals surface area (Å²) in [6.07, 6.45) is 5.00. The highest BCUT2D eigenvalue weighted by Crippen LogP contribution is 2.21. The summed E-state index contributed by atoms with van der Waals surface area (Å²) >= 11 is 5.87. The first-order chi connectivity index (χ1) is 11.1. The van der Waals surface area contributed by atoms with Crippen LogP contribution >= 0.6 is 24.0 Å². The molecule has 0 radical (unpaired) electrons. The van der Waals surface area contributed by atoms with Crippen molar-refractivity contribution in [3.8, 4) is 0 Å². The van der Waals surface area contributed by atoms with E-state index in [4.69, 9.17) is 11.6 Å². The van der Waals surface area contributed by atoms with Crippen LogP contribution < -0.4 is 5.32 Å². The SMILES string of the molecule is CC1CCCCN1C(=O)c1ccc(Nc2ccc(Cl)cc2)nc1.Cl. The molecule has 0 bridgehead atoms. The zero-order valence-corrected chi connectivity index (χ0v) is 15.1. The quantitative estimate of drug-likeness (QED) is 0.839. The fourth-order valence-electron chi connectivity index (χ4n) is 2.84. The lowest BCUT2D eigenvalue weighted by molar-refractivity contribution is 0.0635.